The number of aliphatic hydroxyl groups excluding tert-OH is 2. The largest absolute Gasteiger partial charge is 0.451 e. The number of aromatic nitrogens is 6. The van der Waals surface area contributed by atoms with E-state index in [1.807, 2.05) is 45.2 Å². The summed E-state index contributed by atoms with van der Waals surface area (Å²) < 4.78 is 94.2. The third kappa shape index (κ3) is 20.3. The maximum Gasteiger partial charge on any atom is 0.451 e. The van der Waals surface area contributed by atoms with Crippen LogP contribution < -0.4 is 10.6 Å². The Morgan fingerprint density at radius 3 is 1.36 bits per heavy atom. The molecule has 0 radical (unpaired) electrons. The zero-order valence-corrected chi connectivity index (χ0v) is 50.0. The zero-order valence-electron chi connectivity index (χ0n) is 47.5. The summed E-state index contributed by atoms with van der Waals surface area (Å²) in [6, 6.07) is 17.3. The summed E-state index contributed by atoms with van der Waals surface area (Å²) >= 11 is 3.40. The maximum atomic E-state index is 14.0. The van der Waals surface area contributed by atoms with Gasteiger partial charge < -0.3 is 30.6 Å². The fourth-order valence-electron chi connectivity index (χ4n) is 9.01. The molecule has 3 aromatic heterocycles. The first kappa shape index (κ1) is 67.0. The summed E-state index contributed by atoms with van der Waals surface area (Å²) in [6.07, 6.45) is -4.35. The molecule has 85 heavy (non-hydrogen) atoms. The molecule has 0 saturated carbocycles. The van der Waals surface area contributed by atoms with E-state index in [0.29, 0.717) is 71.7 Å². The van der Waals surface area contributed by atoms with Crippen LogP contribution in [0.4, 0.5) is 30.7 Å². The second-order valence-corrected chi connectivity index (χ2v) is 23.0. The molecule has 0 aliphatic rings. The maximum absolute atomic E-state index is 14.0. The number of thiophene rings is 1. The SMILES string of the molecule is CCCN(CCC)C(=O)c1cc(C)cc(C(=O)N[C@@H](Cc2cc(F)cc(F)c2)[C@@H](O)CSc2n[nH]c(-c3cccs3)n2)c1.CCCN(CCC)C(=O)c1cc(C)cc(C(=O)N[C@@H](Cc2cc(F)cc(F)c2)[C@@H](O)CSc2n[nH]c(C(F)(F)F)n2)c1. The van der Waals surface area contributed by atoms with Gasteiger partial charge in [0.05, 0.1) is 29.2 Å². The molecule has 0 fully saturated rings. The summed E-state index contributed by atoms with van der Waals surface area (Å²) in [4.78, 5) is 65.5. The van der Waals surface area contributed by atoms with Crippen molar-refractivity contribution in [1.82, 2.24) is 50.8 Å². The number of nitrogens with one attached hydrogen (secondary N) is 4. The Kier molecular flexibility index (Phi) is 25.1. The van der Waals surface area contributed by atoms with Crippen LogP contribution in [0.25, 0.3) is 10.7 Å². The summed E-state index contributed by atoms with van der Waals surface area (Å²) in [5.74, 6) is -5.63. The number of rotatable bonds is 27. The lowest BCUT2D eigenvalue weighted by molar-refractivity contribution is -0.144. The van der Waals surface area contributed by atoms with Crippen molar-refractivity contribution in [3.05, 3.63) is 164 Å². The lowest BCUT2D eigenvalue weighted by atomic mass is 10.00. The highest BCUT2D eigenvalue weighted by atomic mass is 32.2. The molecule has 456 valence electrons. The minimum atomic E-state index is -4.74. The van der Waals surface area contributed by atoms with Gasteiger partial charge in [-0.3, -0.25) is 29.4 Å². The number of carbonyl (C=O) groups excluding carboxylic acids is 4. The van der Waals surface area contributed by atoms with Crippen LogP contribution in [0.1, 0.15) is 123 Å². The lowest BCUT2D eigenvalue weighted by Gasteiger charge is -2.25. The molecule has 16 nitrogen and oxygen atoms in total. The number of carbonyl (C=O) groups is 4. The Bertz CT molecular complexity index is 3300. The third-order valence-electron chi connectivity index (χ3n) is 12.8. The number of amides is 4. The number of halogens is 7. The summed E-state index contributed by atoms with van der Waals surface area (Å²) in [6.45, 7) is 13.8. The molecule has 0 unspecified atom stereocenters. The van der Waals surface area contributed by atoms with Crippen LogP contribution >= 0.6 is 34.9 Å². The molecule has 0 aliphatic heterocycles. The van der Waals surface area contributed by atoms with Gasteiger partial charge in [-0.05, 0) is 147 Å². The number of thioether (sulfide) groups is 2. The Balaban J connectivity index is 0.000000272. The van der Waals surface area contributed by atoms with Gasteiger partial charge in [-0.2, -0.15) is 18.2 Å². The van der Waals surface area contributed by atoms with Crippen LogP contribution in [0.15, 0.2) is 101 Å². The number of H-pyrrole nitrogens is 2. The summed E-state index contributed by atoms with van der Waals surface area (Å²) in [5.41, 5.74) is 2.88. The van der Waals surface area contributed by atoms with E-state index in [1.165, 1.54) is 41.3 Å². The number of hydrogen-bond acceptors (Lipinski definition) is 13. The van der Waals surface area contributed by atoms with Crippen molar-refractivity contribution >= 4 is 58.5 Å². The molecule has 6 N–H and O–H groups in total. The average Bonchev–Trinajstić information content (AvgIpc) is 4.41. The fraction of sp³-hybridized carbons (Fsp3) is 0.390. The first-order chi connectivity index (χ1) is 40.5. The second kappa shape index (κ2) is 31.8. The van der Waals surface area contributed by atoms with E-state index in [9.17, 15) is 60.1 Å². The highest BCUT2D eigenvalue weighted by molar-refractivity contribution is 7.99. The van der Waals surface area contributed by atoms with E-state index in [2.05, 4.69) is 35.9 Å². The molecule has 7 rings (SSSR count). The van der Waals surface area contributed by atoms with Gasteiger partial charge >= 0.3 is 6.18 Å². The molecule has 26 heteroatoms. The molecule has 0 saturated heterocycles. The van der Waals surface area contributed by atoms with Crippen LogP contribution in [0.2, 0.25) is 0 Å². The summed E-state index contributed by atoms with van der Waals surface area (Å²) in [7, 11) is 0. The van der Waals surface area contributed by atoms with Gasteiger partial charge in [0.1, 0.15) is 23.3 Å². The van der Waals surface area contributed by atoms with E-state index in [1.54, 1.807) is 59.1 Å². The Labute approximate surface area is 500 Å². The van der Waals surface area contributed by atoms with E-state index in [0.717, 1.165) is 54.3 Å². The van der Waals surface area contributed by atoms with Gasteiger partial charge in [0, 0.05) is 72.1 Å². The third-order valence-corrected chi connectivity index (χ3v) is 15.5. The Morgan fingerprint density at radius 1 is 0.588 bits per heavy atom. The predicted molar refractivity (Wildman–Crippen MR) is 313 cm³/mol. The summed E-state index contributed by atoms with van der Waals surface area (Å²) in [5, 5.41) is 42.0. The topological polar surface area (TPSA) is 222 Å². The molecule has 3 heterocycles. The molecule has 0 aliphatic carbocycles. The molecule has 0 bridgehead atoms. The van der Waals surface area contributed by atoms with Gasteiger partial charge in [-0.25, -0.2) is 22.5 Å². The van der Waals surface area contributed by atoms with Crippen molar-refractivity contribution in [1.29, 1.82) is 0 Å². The molecule has 4 aromatic carbocycles. The quantitative estimate of drug-likeness (QED) is 0.0209. The van der Waals surface area contributed by atoms with E-state index >= 15 is 0 Å². The van der Waals surface area contributed by atoms with E-state index in [-0.39, 0.29) is 63.6 Å². The number of hydrogen-bond donors (Lipinski definition) is 6. The minimum Gasteiger partial charge on any atom is -0.390 e. The van der Waals surface area contributed by atoms with Crippen molar-refractivity contribution in [3.8, 4) is 10.7 Å². The minimum absolute atomic E-state index is 0.0328. The van der Waals surface area contributed by atoms with Crippen LogP contribution in [-0.4, -0.2) is 136 Å². The normalized spacial score (nSPS) is 12.8. The second-order valence-electron chi connectivity index (χ2n) is 20.0. The molecular weight excluding hydrogens is 1170 g/mol. The number of aryl methyl sites for hydroxylation is 2. The fourth-order valence-corrected chi connectivity index (χ4v) is 11.3. The van der Waals surface area contributed by atoms with Crippen LogP contribution in [0.3, 0.4) is 0 Å². The predicted octanol–water partition coefficient (Wildman–Crippen LogP) is 11.0. The average molecular weight is 1240 g/mol. The van der Waals surface area contributed by atoms with Gasteiger partial charge in [-0.15, -0.1) is 21.5 Å². The van der Waals surface area contributed by atoms with Crippen molar-refractivity contribution < 1.29 is 60.1 Å². The Morgan fingerprint density at radius 2 is 0.988 bits per heavy atom. The molecule has 7 aromatic rings. The molecular formula is C59H67F7N10O6S3. The van der Waals surface area contributed by atoms with Gasteiger partial charge in [0.15, 0.2) is 5.82 Å². The van der Waals surface area contributed by atoms with Crippen molar-refractivity contribution in [2.75, 3.05) is 37.7 Å². The first-order valence-corrected chi connectivity index (χ1v) is 30.2. The number of aliphatic hydroxyl groups is 2. The van der Waals surface area contributed by atoms with E-state index in [4.69, 9.17) is 0 Å². The van der Waals surface area contributed by atoms with Crippen molar-refractivity contribution in [2.24, 2.45) is 0 Å². The number of aromatic amines is 2. The van der Waals surface area contributed by atoms with Crippen molar-refractivity contribution in [3.63, 3.8) is 0 Å². The van der Waals surface area contributed by atoms with Crippen LogP contribution in [-0.2, 0) is 19.0 Å². The highest BCUT2D eigenvalue weighted by Crippen LogP contribution is 2.29. The number of benzene rings is 4. The highest BCUT2D eigenvalue weighted by Gasteiger charge is 2.36. The standard InChI is InChI=1S/C31H35F2N5O3S2.C28H32F5N5O3S/c1-4-8-38(9-5-2)30(41)22-12-19(3)11-21(16-22)29(40)34-25(15-20-13-23(32)17-24(33)14-20)26(39)18-43-31-35-28(36-37-31)27-7-6-10-42-27;1-4-6-38(7-5-2)25(41)19-9-16(3)8-18(13-19)24(40)34-22(12-17-10-20(29)14-21(30)11-17)23(39)15-42-27-35-26(36-37-27)28(31,32)33/h6-7,10-14,16-17,25-26,39H,4-5,8-9,15,18H2,1-3H3,(H,34,40)(H,35,36,37);8-11,13-14,22-23,39H,4-7,12,15H2,1-3H3,(H,34,40)(H,35,36,37)/t25-,26-;22-,23-/m00/s1. The number of nitrogens with zero attached hydrogens (tertiary/aromatic N) is 6. The van der Waals surface area contributed by atoms with Crippen molar-refractivity contribution in [2.45, 2.75) is 121 Å². The Hall–Kier alpha value is -7.13. The molecule has 0 spiro atoms. The van der Waals surface area contributed by atoms with Gasteiger partial charge in [0.2, 0.25) is 16.1 Å². The van der Waals surface area contributed by atoms with Gasteiger partial charge in [-0.1, -0.05) is 57.3 Å². The molecule has 4 amide bonds. The van der Waals surface area contributed by atoms with E-state index < -0.39 is 71.4 Å². The monoisotopic (exact) mass is 1240 g/mol. The zero-order chi connectivity index (χ0) is 62.0. The smallest absolute Gasteiger partial charge is 0.390 e. The van der Waals surface area contributed by atoms with Gasteiger partial charge in [0.25, 0.3) is 23.6 Å². The van der Waals surface area contributed by atoms with Crippen LogP contribution in [0.5, 0.6) is 0 Å². The molecule has 4 atom stereocenters. The first-order valence-electron chi connectivity index (χ1n) is 27.4. The number of alkyl halides is 3. The van der Waals surface area contributed by atoms with Crippen LogP contribution in [0, 0.1) is 37.1 Å². The lowest BCUT2D eigenvalue weighted by Crippen LogP contribution is -2.46.